The molecule has 0 heterocycles. The van der Waals surface area contributed by atoms with Crippen molar-refractivity contribution >= 4 is 16.0 Å². The zero-order chi connectivity index (χ0) is 25.0. The number of halogens is 3. The molecule has 0 aliphatic heterocycles. The molecule has 10 heteroatoms. The molecule has 6 nitrogen and oxygen atoms in total. The fourth-order valence-corrected chi connectivity index (χ4v) is 4.06. The van der Waals surface area contributed by atoms with Crippen molar-refractivity contribution in [3.8, 4) is 11.5 Å². The molecule has 0 saturated heterocycles. The number of hydrogen-bond acceptors (Lipinski definition) is 5. The molecule has 1 unspecified atom stereocenters. The van der Waals surface area contributed by atoms with Crippen LogP contribution in [-0.4, -0.2) is 32.4 Å². The largest absolute Gasteiger partial charge is 0.493 e. The predicted molar refractivity (Wildman–Crippen MR) is 117 cm³/mol. The fourth-order valence-electron chi connectivity index (χ4n) is 3.08. The molecular weight excluding hydrogens is 459 g/mol. The lowest BCUT2D eigenvalue weighted by Crippen LogP contribution is -2.40. The summed E-state index contributed by atoms with van der Waals surface area (Å²) < 4.78 is 74.8. The van der Waals surface area contributed by atoms with Gasteiger partial charge in [-0.25, -0.2) is 0 Å². The molecule has 0 aliphatic rings. The van der Waals surface area contributed by atoms with Gasteiger partial charge in [0.2, 0.25) is 5.91 Å². The molecule has 0 fully saturated rings. The molecule has 2 aromatic rings. The Morgan fingerprint density at radius 3 is 2.27 bits per heavy atom. The average molecular weight is 488 g/mol. The van der Waals surface area contributed by atoms with Gasteiger partial charge < -0.3 is 13.8 Å². The molecule has 0 aliphatic carbocycles. The summed E-state index contributed by atoms with van der Waals surface area (Å²) in [6.45, 7) is 7.66. The number of benzene rings is 2. The van der Waals surface area contributed by atoms with E-state index in [4.69, 9.17) is 8.92 Å². The van der Waals surface area contributed by atoms with Crippen LogP contribution in [0.2, 0.25) is 0 Å². The Morgan fingerprint density at radius 2 is 1.73 bits per heavy atom. The second-order valence-corrected chi connectivity index (χ2v) is 9.47. The first kappa shape index (κ1) is 26.5. The number of nitrogens with zero attached hydrogens (tertiary/aromatic N) is 1. The zero-order valence-electron chi connectivity index (χ0n) is 19.1. The summed E-state index contributed by atoms with van der Waals surface area (Å²) in [5.41, 5.74) is -0.524. The van der Waals surface area contributed by atoms with Crippen LogP contribution in [0.1, 0.15) is 45.2 Å². The Labute approximate surface area is 192 Å². The van der Waals surface area contributed by atoms with E-state index in [0.29, 0.717) is 11.6 Å². The molecule has 182 valence electrons. The van der Waals surface area contributed by atoms with Crippen molar-refractivity contribution in [2.24, 2.45) is 5.92 Å². The molecule has 1 atom stereocenters. The number of ether oxygens (including phenoxy) is 1. The first-order valence-corrected chi connectivity index (χ1v) is 11.8. The SMILES string of the molecule is CCC(C)N(Cc1ccc(OC)c(OS(=O)(=O)c2cccc(C(F)(F)F)c2)c1)C(=O)C(C)C. The lowest BCUT2D eigenvalue weighted by Gasteiger charge is -2.30. The molecule has 0 saturated carbocycles. The third-order valence-electron chi connectivity index (χ3n) is 5.13. The molecule has 0 spiro atoms. The number of alkyl halides is 3. The van der Waals surface area contributed by atoms with E-state index in [1.807, 2.05) is 13.8 Å². The first-order valence-electron chi connectivity index (χ1n) is 10.4. The van der Waals surface area contributed by atoms with Crippen LogP contribution in [0.25, 0.3) is 0 Å². The molecule has 2 rings (SSSR count). The van der Waals surface area contributed by atoms with E-state index in [1.165, 1.54) is 19.2 Å². The fraction of sp³-hybridized carbons (Fsp3) is 0.435. The van der Waals surface area contributed by atoms with Gasteiger partial charge in [-0.2, -0.15) is 21.6 Å². The topological polar surface area (TPSA) is 72.9 Å². The molecule has 2 aromatic carbocycles. The Balaban J connectivity index is 2.41. The number of carbonyl (C=O) groups excluding carboxylic acids is 1. The van der Waals surface area contributed by atoms with Gasteiger partial charge in [0.15, 0.2) is 11.5 Å². The number of carbonyl (C=O) groups is 1. The third kappa shape index (κ3) is 6.63. The Kier molecular flexibility index (Phi) is 8.40. The minimum Gasteiger partial charge on any atom is -0.493 e. The monoisotopic (exact) mass is 487 g/mol. The maximum atomic E-state index is 13.0. The third-order valence-corrected chi connectivity index (χ3v) is 6.36. The number of amides is 1. The normalized spacial score (nSPS) is 13.0. The lowest BCUT2D eigenvalue weighted by molar-refractivity contribution is -0.138. The van der Waals surface area contributed by atoms with Crippen molar-refractivity contribution < 1.29 is 35.3 Å². The van der Waals surface area contributed by atoms with Crippen molar-refractivity contribution in [2.75, 3.05) is 7.11 Å². The minimum atomic E-state index is -4.70. The molecule has 0 aromatic heterocycles. The van der Waals surface area contributed by atoms with Gasteiger partial charge in [-0.05, 0) is 49.2 Å². The molecule has 0 N–H and O–H groups in total. The van der Waals surface area contributed by atoms with Crippen LogP contribution in [0.15, 0.2) is 47.4 Å². The molecule has 1 amide bonds. The molecule has 0 bridgehead atoms. The van der Waals surface area contributed by atoms with Crippen molar-refractivity contribution in [3.63, 3.8) is 0 Å². The highest BCUT2D eigenvalue weighted by Crippen LogP contribution is 2.34. The summed E-state index contributed by atoms with van der Waals surface area (Å²) in [7, 11) is -3.27. The van der Waals surface area contributed by atoms with Crippen LogP contribution in [0.3, 0.4) is 0 Å². The predicted octanol–water partition coefficient (Wildman–Crippen LogP) is 5.26. The van der Waals surface area contributed by atoms with Crippen LogP contribution in [0, 0.1) is 5.92 Å². The van der Waals surface area contributed by atoms with Crippen molar-refractivity contribution in [2.45, 2.75) is 57.8 Å². The second kappa shape index (κ2) is 10.5. The lowest BCUT2D eigenvalue weighted by atomic mass is 10.1. The highest BCUT2D eigenvalue weighted by molar-refractivity contribution is 7.87. The van der Waals surface area contributed by atoms with Gasteiger partial charge in [-0.3, -0.25) is 4.79 Å². The highest BCUT2D eigenvalue weighted by Gasteiger charge is 2.32. The van der Waals surface area contributed by atoms with Gasteiger partial charge >= 0.3 is 16.3 Å². The van der Waals surface area contributed by atoms with E-state index < -0.39 is 26.8 Å². The summed E-state index contributed by atoms with van der Waals surface area (Å²) in [6, 6.07) is 7.81. The van der Waals surface area contributed by atoms with Crippen LogP contribution in [-0.2, 0) is 27.6 Å². The Morgan fingerprint density at radius 1 is 1.06 bits per heavy atom. The summed E-state index contributed by atoms with van der Waals surface area (Å²) >= 11 is 0. The maximum Gasteiger partial charge on any atom is 0.416 e. The van der Waals surface area contributed by atoms with Crippen LogP contribution in [0.4, 0.5) is 13.2 Å². The highest BCUT2D eigenvalue weighted by atomic mass is 32.2. The zero-order valence-corrected chi connectivity index (χ0v) is 20.0. The van der Waals surface area contributed by atoms with Gasteiger partial charge in [-0.15, -0.1) is 0 Å². The maximum absolute atomic E-state index is 13.0. The molecule has 0 radical (unpaired) electrons. The van der Waals surface area contributed by atoms with Gasteiger partial charge in [0.25, 0.3) is 0 Å². The minimum absolute atomic E-state index is 0.0554. The van der Waals surface area contributed by atoms with Crippen LogP contribution >= 0.6 is 0 Å². The average Bonchev–Trinajstić information content (AvgIpc) is 2.75. The molecule has 33 heavy (non-hydrogen) atoms. The van der Waals surface area contributed by atoms with Crippen LogP contribution < -0.4 is 8.92 Å². The van der Waals surface area contributed by atoms with Crippen LogP contribution in [0.5, 0.6) is 11.5 Å². The number of rotatable bonds is 9. The van der Waals surface area contributed by atoms with E-state index in [-0.39, 0.29) is 35.9 Å². The van der Waals surface area contributed by atoms with Crippen molar-refractivity contribution in [3.05, 3.63) is 53.6 Å². The standard InChI is InChI=1S/C23H28F3NO5S/c1-6-16(4)27(22(28)15(2)3)14-17-10-11-20(31-5)21(12-17)32-33(29,30)19-9-7-8-18(13-19)23(24,25)26/h7-13,15-16H,6,14H2,1-5H3. The quantitative estimate of drug-likeness (QED) is 0.451. The van der Waals surface area contributed by atoms with Gasteiger partial charge in [0.05, 0.1) is 12.7 Å². The summed E-state index contributed by atoms with van der Waals surface area (Å²) in [5, 5.41) is 0. The van der Waals surface area contributed by atoms with Gasteiger partial charge in [0, 0.05) is 18.5 Å². The van der Waals surface area contributed by atoms with E-state index in [1.54, 1.807) is 24.8 Å². The Bertz CT molecular complexity index is 1080. The second-order valence-electron chi connectivity index (χ2n) is 7.93. The van der Waals surface area contributed by atoms with Gasteiger partial charge in [-0.1, -0.05) is 32.9 Å². The van der Waals surface area contributed by atoms with E-state index in [9.17, 15) is 26.4 Å². The van der Waals surface area contributed by atoms with Gasteiger partial charge in [0.1, 0.15) is 4.90 Å². The molecular formula is C23H28F3NO5S. The van der Waals surface area contributed by atoms with E-state index in [0.717, 1.165) is 24.6 Å². The summed E-state index contributed by atoms with van der Waals surface area (Å²) in [5.74, 6) is -0.387. The summed E-state index contributed by atoms with van der Waals surface area (Å²) in [4.78, 5) is 13.7. The first-order chi connectivity index (χ1) is 15.3. The van der Waals surface area contributed by atoms with E-state index >= 15 is 0 Å². The van der Waals surface area contributed by atoms with E-state index in [2.05, 4.69) is 0 Å². The number of hydrogen-bond donors (Lipinski definition) is 0. The van der Waals surface area contributed by atoms with Crippen molar-refractivity contribution in [1.82, 2.24) is 4.90 Å². The number of methoxy groups -OCH3 is 1. The summed E-state index contributed by atoms with van der Waals surface area (Å²) in [6.07, 6.45) is -3.98. The smallest absolute Gasteiger partial charge is 0.416 e. The Hall–Kier alpha value is -2.75. The van der Waals surface area contributed by atoms with Crippen molar-refractivity contribution in [1.29, 1.82) is 0 Å².